The molecule has 4 nitrogen and oxygen atoms in total. The lowest BCUT2D eigenvalue weighted by atomic mass is 9.99. The number of fused-ring (bicyclic) bond motifs is 1. The standard InChI is InChI=1S/C25H25N3OS/c1-4-25(2,3)28-23(29)22-21(26)20-18(16-11-7-5-8-12-16)15-19(27-24(20)30-22)17-13-9-6-10-14-17/h5-15H,4,26H2,1-3H3,(H,28,29). The quantitative estimate of drug-likeness (QED) is 0.412. The van der Waals surface area contributed by atoms with Crippen LogP contribution in [0.4, 0.5) is 5.69 Å². The van der Waals surface area contributed by atoms with Crippen LogP contribution in [0.5, 0.6) is 0 Å². The number of carbonyl (C=O) groups excluding carboxylic acids is 1. The van der Waals surface area contributed by atoms with Crippen molar-refractivity contribution in [1.29, 1.82) is 0 Å². The Morgan fingerprint density at radius 2 is 1.63 bits per heavy atom. The molecule has 0 bridgehead atoms. The summed E-state index contributed by atoms with van der Waals surface area (Å²) in [6.07, 6.45) is 0.829. The Kier molecular flexibility index (Phi) is 5.31. The summed E-state index contributed by atoms with van der Waals surface area (Å²) in [7, 11) is 0. The predicted octanol–water partition coefficient (Wildman–Crippen LogP) is 6.13. The highest BCUT2D eigenvalue weighted by molar-refractivity contribution is 7.21. The molecule has 0 aliphatic rings. The SMILES string of the molecule is CCC(C)(C)NC(=O)c1sc2nc(-c3ccccc3)cc(-c3ccccc3)c2c1N. The lowest BCUT2D eigenvalue weighted by molar-refractivity contribution is 0.0916. The number of benzene rings is 2. The van der Waals surface area contributed by atoms with E-state index in [9.17, 15) is 4.79 Å². The summed E-state index contributed by atoms with van der Waals surface area (Å²) < 4.78 is 0. The van der Waals surface area contributed by atoms with E-state index >= 15 is 0 Å². The molecule has 5 heteroatoms. The molecule has 4 rings (SSSR count). The van der Waals surface area contributed by atoms with Gasteiger partial charge >= 0.3 is 0 Å². The van der Waals surface area contributed by atoms with Crippen molar-refractivity contribution in [2.24, 2.45) is 0 Å². The van der Waals surface area contributed by atoms with Gasteiger partial charge in [0.2, 0.25) is 0 Å². The normalized spacial score (nSPS) is 11.6. The number of aromatic nitrogens is 1. The van der Waals surface area contributed by atoms with E-state index in [2.05, 4.69) is 30.4 Å². The molecular weight excluding hydrogens is 390 g/mol. The van der Waals surface area contributed by atoms with Crippen LogP contribution in [0.15, 0.2) is 66.7 Å². The maximum Gasteiger partial charge on any atom is 0.263 e. The number of nitrogens with one attached hydrogen (secondary N) is 1. The Labute approximate surface area is 180 Å². The second-order valence-electron chi connectivity index (χ2n) is 8.00. The van der Waals surface area contributed by atoms with Crippen LogP contribution in [-0.4, -0.2) is 16.4 Å². The number of hydrogen-bond donors (Lipinski definition) is 2. The summed E-state index contributed by atoms with van der Waals surface area (Å²) in [5.74, 6) is -0.150. The number of rotatable bonds is 5. The minimum Gasteiger partial charge on any atom is -0.397 e. The Hall–Kier alpha value is -3.18. The molecule has 0 atom stereocenters. The molecule has 2 heterocycles. The lowest BCUT2D eigenvalue weighted by Gasteiger charge is -2.24. The van der Waals surface area contributed by atoms with Crippen LogP contribution in [0.25, 0.3) is 32.6 Å². The minimum atomic E-state index is -0.301. The van der Waals surface area contributed by atoms with Crippen LogP contribution in [0.3, 0.4) is 0 Å². The molecule has 0 saturated carbocycles. The number of thiophene rings is 1. The van der Waals surface area contributed by atoms with Crippen LogP contribution in [0, 0.1) is 0 Å². The van der Waals surface area contributed by atoms with Crippen LogP contribution in [0.2, 0.25) is 0 Å². The highest BCUT2D eigenvalue weighted by Gasteiger charge is 2.25. The zero-order valence-electron chi connectivity index (χ0n) is 17.4. The van der Waals surface area contributed by atoms with Crippen LogP contribution < -0.4 is 11.1 Å². The largest absolute Gasteiger partial charge is 0.397 e. The van der Waals surface area contributed by atoms with Gasteiger partial charge in [0.25, 0.3) is 5.91 Å². The molecule has 0 spiro atoms. The van der Waals surface area contributed by atoms with Crippen molar-refractivity contribution in [2.45, 2.75) is 32.7 Å². The van der Waals surface area contributed by atoms with Crippen molar-refractivity contribution in [3.05, 3.63) is 71.6 Å². The molecule has 0 radical (unpaired) electrons. The van der Waals surface area contributed by atoms with E-state index in [1.54, 1.807) is 0 Å². The third kappa shape index (κ3) is 3.81. The molecule has 0 saturated heterocycles. The summed E-state index contributed by atoms with van der Waals surface area (Å²) in [4.78, 5) is 19.2. The second-order valence-corrected chi connectivity index (χ2v) is 9.00. The average Bonchev–Trinajstić information content (AvgIpc) is 3.11. The van der Waals surface area contributed by atoms with E-state index in [0.717, 1.165) is 39.0 Å². The summed E-state index contributed by atoms with van der Waals surface area (Å²) in [6, 6.07) is 22.2. The van der Waals surface area contributed by atoms with E-state index in [1.165, 1.54) is 11.3 Å². The van der Waals surface area contributed by atoms with Gasteiger partial charge in [-0.25, -0.2) is 4.98 Å². The number of amides is 1. The monoisotopic (exact) mass is 415 g/mol. The number of hydrogen-bond acceptors (Lipinski definition) is 4. The topological polar surface area (TPSA) is 68.0 Å². The number of nitrogens with zero attached hydrogens (tertiary/aromatic N) is 1. The average molecular weight is 416 g/mol. The van der Waals surface area contributed by atoms with Crippen LogP contribution >= 0.6 is 11.3 Å². The summed E-state index contributed by atoms with van der Waals surface area (Å²) >= 11 is 1.35. The number of anilines is 1. The zero-order valence-corrected chi connectivity index (χ0v) is 18.2. The molecule has 2 aromatic heterocycles. The summed E-state index contributed by atoms with van der Waals surface area (Å²) in [5, 5.41) is 3.93. The van der Waals surface area contributed by atoms with Crippen LogP contribution in [-0.2, 0) is 0 Å². The molecule has 0 aliphatic carbocycles. The molecular formula is C25H25N3OS. The first-order valence-electron chi connectivity index (χ1n) is 10.1. The molecule has 0 unspecified atom stereocenters. The molecule has 0 aliphatic heterocycles. The van der Waals surface area contributed by atoms with Crippen molar-refractivity contribution < 1.29 is 4.79 Å². The molecule has 152 valence electrons. The number of carbonyl (C=O) groups is 1. The highest BCUT2D eigenvalue weighted by Crippen LogP contribution is 2.41. The van der Waals surface area contributed by atoms with E-state index in [1.807, 2.05) is 62.4 Å². The Morgan fingerprint density at radius 1 is 1.03 bits per heavy atom. The smallest absolute Gasteiger partial charge is 0.263 e. The number of nitrogen functional groups attached to an aromatic ring is 1. The van der Waals surface area contributed by atoms with E-state index in [0.29, 0.717) is 10.6 Å². The molecule has 1 amide bonds. The Morgan fingerprint density at radius 3 is 2.23 bits per heavy atom. The molecule has 0 fully saturated rings. The molecule has 4 aromatic rings. The summed E-state index contributed by atoms with van der Waals surface area (Å²) in [5.41, 5.74) is 10.7. The van der Waals surface area contributed by atoms with Gasteiger partial charge < -0.3 is 11.1 Å². The van der Waals surface area contributed by atoms with Gasteiger partial charge in [0.1, 0.15) is 9.71 Å². The molecule has 2 aromatic carbocycles. The van der Waals surface area contributed by atoms with Crippen molar-refractivity contribution in [3.8, 4) is 22.4 Å². The van der Waals surface area contributed by atoms with Gasteiger partial charge in [-0.05, 0) is 37.5 Å². The van der Waals surface area contributed by atoms with Crippen molar-refractivity contribution >= 4 is 33.1 Å². The fourth-order valence-corrected chi connectivity index (χ4v) is 4.36. The zero-order chi connectivity index (χ0) is 21.3. The lowest BCUT2D eigenvalue weighted by Crippen LogP contribution is -2.42. The van der Waals surface area contributed by atoms with Crippen molar-refractivity contribution in [1.82, 2.24) is 10.3 Å². The van der Waals surface area contributed by atoms with Gasteiger partial charge in [0.15, 0.2) is 0 Å². The van der Waals surface area contributed by atoms with E-state index in [4.69, 9.17) is 10.7 Å². The highest BCUT2D eigenvalue weighted by atomic mass is 32.1. The van der Waals surface area contributed by atoms with E-state index < -0.39 is 0 Å². The third-order valence-electron chi connectivity index (χ3n) is 5.40. The van der Waals surface area contributed by atoms with Gasteiger partial charge in [0, 0.05) is 16.5 Å². The molecule has 3 N–H and O–H groups in total. The van der Waals surface area contributed by atoms with Gasteiger partial charge in [-0.1, -0.05) is 67.6 Å². The van der Waals surface area contributed by atoms with Gasteiger partial charge in [-0.3, -0.25) is 4.79 Å². The van der Waals surface area contributed by atoms with Gasteiger partial charge in [0.05, 0.1) is 11.4 Å². The fraction of sp³-hybridized carbons (Fsp3) is 0.200. The van der Waals surface area contributed by atoms with Crippen molar-refractivity contribution in [3.63, 3.8) is 0 Å². The van der Waals surface area contributed by atoms with Gasteiger partial charge in [-0.2, -0.15) is 0 Å². The Bertz CT molecular complexity index is 1200. The van der Waals surface area contributed by atoms with Gasteiger partial charge in [-0.15, -0.1) is 11.3 Å². The maximum absolute atomic E-state index is 13.0. The maximum atomic E-state index is 13.0. The van der Waals surface area contributed by atoms with E-state index in [-0.39, 0.29) is 11.4 Å². The minimum absolute atomic E-state index is 0.150. The first-order valence-corrected chi connectivity index (χ1v) is 10.9. The first-order chi connectivity index (χ1) is 14.4. The number of pyridine rings is 1. The van der Waals surface area contributed by atoms with Crippen LogP contribution in [0.1, 0.15) is 36.9 Å². The fourth-order valence-electron chi connectivity index (χ4n) is 3.34. The predicted molar refractivity (Wildman–Crippen MR) is 127 cm³/mol. The Balaban J connectivity index is 1.93. The first kappa shape index (κ1) is 20.1. The summed E-state index contributed by atoms with van der Waals surface area (Å²) in [6.45, 7) is 6.07. The number of nitrogens with two attached hydrogens (primary N) is 1. The van der Waals surface area contributed by atoms with Crippen molar-refractivity contribution in [2.75, 3.05) is 5.73 Å². The second kappa shape index (κ2) is 7.92. The molecule has 30 heavy (non-hydrogen) atoms. The third-order valence-corrected chi connectivity index (χ3v) is 6.49.